The Morgan fingerprint density at radius 2 is 2.55 bits per heavy atom. The van der Waals surface area contributed by atoms with Crippen LogP contribution in [-0.4, -0.2) is 30.6 Å². The van der Waals surface area contributed by atoms with Gasteiger partial charge in [-0.2, -0.15) is 0 Å². The molecule has 2 aliphatic rings. The van der Waals surface area contributed by atoms with Crippen LogP contribution < -0.4 is 10.6 Å². The maximum absolute atomic E-state index is 3.38. The second-order valence-corrected chi connectivity index (χ2v) is 3.26. The van der Waals surface area contributed by atoms with Crippen molar-refractivity contribution in [1.82, 2.24) is 15.5 Å². The van der Waals surface area contributed by atoms with Gasteiger partial charge >= 0.3 is 0 Å². The lowest BCUT2D eigenvalue weighted by Crippen LogP contribution is -2.50. The van der Waals surface area contributed by atoms with E-state index in [4.69, 9.17) is 0 Å². The highest BCUT2D eigenvalue weighted by atomic mass is 15.3. The smallest absolute Gasteiger partial charge is 0.118 e. The van der Waals surface area contributed by atoms with Gasteiger partial charge in [0, 0.05) is 31.9 Å². The minimum Gasteiger partial charge on any atom is -0.386 e. The summed E-state index contributed by atoms with van der Waals surface area (Å²) >= 11 is 0. The van der Waals surface area contributed by atoms with E-state index in [0.29, 0.717) is 6.04 Å². The predicted molar refractivity (Wildman–Crippen MR) is 44.9 cm³/mol. The van der Waals surface area contributed by atoms with Crippen molar-refractivity contribution in [2.24, 2.45) is 0 Å². The first-order chi connectivity index (χ1) is 5.38. The summed E-state index contributed by atoms with van der Waals surface area (Å²) in [4.78, 5) is 2.43. The molecule has 2 heterocycles. The molecule has 1 atom stereocenters. The average molecular weight is 153 g/mol. The van der Waals surface area contributed by atoms with Crippen molar-refractivity contribution in [1.29, 1.82) is 0 Å². The van der Waals surface area contributed by atoms with Gasteiger partial charge in [-0.25, -0.2) is 0 Å². The van der Waals surface area contributed by atoms with Crippen LogP contribution in [0.3, 0.4) is 0 Å². The number of hydrogen-bond acceptors (Lipinski definition) is 3. The standard InChI is InChI=1S/C8H15N3/c1-7-5-9-6-8-10-3-2-4-11(7)8/h6-7,9-10H,2-5H2,1H3. The van der Waals surface area contributed by atoms with Gasteiger partial charge in [-0.15, -0.1) is 0 Å². The number of fused-ring (bicyclic) bond motifs is 1. The third-order valence-corrected chi connectivity index (χ3v) is 2.38. The fourth-order valence-corrected chi connectivity index (χ4v) is 1.72. The fourth-order valence-electron chi connectivity index (χ4n) is 1.72. The Balaban J connectivity index is 2.13. The summed E-state index contributed by atoms with van der Waals surface area (Å²) in [6.07, 6.45) is 3.35. The van der Waals surface area contributed by atoms with E-state index in [0.717, 1.165) is 13.1 Å². The molecule has 2 aliphatic heterocycles. The summed E-state index contributed by atoms with van der Waals surface area (Å²) in [5, 5.41) is 6.64. The van der Waals surface area contributed by atoms with Crippen LogP contribution in [0.25, 0.3) is 0 Å². The monoisotopic (exact) mass is 153 g/mol. The Bertz CT molecular complexity index is 176. The minimum atomic E-state index is 0.641. The summed E-state index contributed by atoms with van der Waals surface area (Å²) < 4.78 is 0. The van der Waals surface area contributed by atoms with E-state index in [1.165, 1.54) is 18.8 Å². The van der Waals surface area contributed by atoms with Crippen LogP contribution in [-0.2, 0) is 0 Å². The molecule has 0 spiro atoms. The zero-order chi connectivity index (χ0) is 7.68. The van der Waals surface area contributed by atoms with Crippen molar-refractivity contribution in [3.63, 3.8) is 0 Å². The Labute approximate surface area is 67.5 Å². The highest BCUT2D eigenvalue weighted by molar-refractivity contribution is 5.06. The maximum Gasteiger partial charge on any atom is 0.118 e. The van der Waals surface area contributed by atoms with Crippen LogP contribution in [0.1, 0.15) is 13.3 Å². The fraction of sp³-hybridized carbons (Fsp3) is 0.750. The number of nitrogens with zero attached hydrogens (tertiary/aromatic N) is 1. The van der Waals surface area contributed by atoms with Gasteiger partial charge in [0.2, 0.25) is 0 Å². The molecule has 11 heavy (non-hydrogen) atoms. The summed E-state index contributed by atoms with van der Waals surface area (Å²) in [5.74, 6) is 1.27. The molecular formula is C8H15N3. The first-order valence-corrected chi connectivity index (χ1v) is 4.32. The van der Waals surface area contributed by atoms with E-state index in [9.17, 15) is 0 Å². The van der Waals surface area contributed by atoms with Crippen LogP contribution in [0, 0.1) is 0 Å². The summed E-state index contributed by atoms with van der Waals surface area (Å²) in [6, 6.07) is 0.641. The van der Waals surface area contributed by atoms with Crippen LogP contribution in [0.4, 0.5) is 0 Å². The number of hydrogen-bond donors (Lipinski definition) is 2. The van der Waals surface area contributed by atoms with Crippen LogP contribution in [0.15, 0.2) is 12.0 Å². The summed E-state index contributed by atoms with van der Waals surface area (Å²) in [7, 11) is 0. The second kappa shape index (κ2) is 2.64. The van der Waals surface area contributed by atoms with Crippen molar-refractivity contribution < 1.29 is 0 Å². The molecule has 0 aliphatic carbocycles. The molecule has 0 amide bonds. The molecule has 2 rings (SSSR count). The maximum atomic E-state index is 3.38. The van der Waals surface area contributed by atoms with Crippen LogP contribution in [0.5, 0.6) is 0 Å². The normalized spacial score (nSPS) is 29.7. The number of nitrogens with one attached hydrogen (secondary N) is 2. The lowest BCUT2D eigenvalue weighted by Gasteiger charge is -2.40. The van der Waals surface area contributed by atoms with Crippen molar-refractivity contribution in [3.05, 3.63) is 12.0 Å². The molecule has 0 aromatic heterocycles. The van der Waals surface area contributed by atoms with Crippen molar-refractivity contribution in [2.75, 3.05) is 19.6 Å². The van der Waals surface area contributed by atoms with Gasteiger partial charge in [0.25, 0.3) is 0 Å². The number of rotatable bonds is 0. The Morgan fingerprint density at radius 1 is 1.64 bits per heavy atom. The first kappa shape index (κ1) is 6.83. The van der Waals surface area contributed by atoms with E-state index >= 15 is 0 Å². The van der Waals surface area contributed by atoms with E-state index in [-0.39, 0.29) is 0 Å². The van der Waals surface area contributed by atoms with E-state index in [2.05, 4.69) is 28.7 Å². The lowest BCUT2D eigenvalue weighted by molar-refractivity contribution is 0.204. The van der Waals surface area contributed by atoms with Gasteiger partial charge < -0.3 is 15.5 Å². The molecule has 0 radical (unpaired) electrons. The van der Waals surface area contributed by atoms with Crippen molar-refractivity contribution in [2.45, 2.75) is 19.4 Å². The SMILES string of the molecule is CC1CNC=C2NCCCN21. The average Bonchev–Trinajstić information content (AvgIpc) is 2.06. The van der Waals surface area contributed by atoms with Gasteiger partial charge in [-0.05, 0) is 13.3 Å². The van der Waals surface area contributed by atoms with Gasteiger partial charge in [-0.3, -0.25) is 0 Å². The van der Waals surface area contributed by atoms with Crippen LogP contribution >= 0.6 is 0 Å². The molecule has 0 aromatic rings. The van der Waals surface area contributed by atoms with Crippen molar-refractivity contribution in [3.8, 4) is 0 Å². The molecule has 2 N–H and O–H groups in total. The van der Waals surface area contributed by atoms with Gasteiger partial charge in [0.15, 0.2) is 0 Å². The highest BCUT2D eigenvalue weighted by Crippen LogP contribution is 2.13. The quantitative estimate of drug-likeness (QED) is 0.516. The van der Waals surface area contributed by atoms with Crippen molar-refractivity contribution >= 4 is 0 Å². The molecule has 0 aromatic carbocycles. The zero-order valence-electron chi connectivity index (χ0n) is 6.93. The molecule has 0 saturated carbocycles. The molecule has 1 saturated heterocycles. The molecular weight excluding hydrogens is 138 g/mol. The zero-order valence-corrected chi connectivity index (χ0v) is 6.93. The second-order valence-electron chi connectivity index (χ2n) is 3.26. The topological polar surface area (TPSA) is 27.3 Å². The highest BCUT2D eigenvalue weighted by Gasteiger charge is 2.22. The third-order valence-electron chi connectivity index (χ3n) is 2.38. The molecule has 62 valence electrons. The van der Waals surface area contributed by atoms with E-state index in [1.807, 2.05) is 0 Å². The van der Waals surface area contributed by atoms with Crippen LogP contribution in [0.2, 0.25) is 0 Å². The third kappa shape index (κ3) is 1.15. The summed E-state index contributed by atoms with van der Waals surface area (Å²) in [6.45, 7) is 5.66. The Hall–Kier alpha value is -0.860. The lowest BCUT2D eigenvalue weighted by atomic mass is 10.2. The molecule has 3 nitrogen and oxygen atoms in total. The Morgan fingerprint density at radius 3 is 3.36 bits per heavy atom. The largest absolute Gasteiger partial charge is 0.386 e. The van der Waals surface area contributed by atoms with Gasteiger partial charge in [0.1, 0.15) is 5.82 Å². The van der Waals surface area contributed by atoms with E-state index in [1.54, 1.807) is 0 Å². The minimum absolute atomic E-state index is 0.641. The molecule has 0 bridgehead atoms. The summed E-state index contributed by atoms with van der Waals surface area (Å²) in [5.41, 5.74) is 0. The molecule has 3 heteroatoms. The first-order valence-electron chi connectivity index (χ1n) is 4.32. The van der Waals surface area contributed by atoms with E-state index < -0.39 is 0 Å². The molecule has 1 fully saturated rings. The Kier molecular flexibility index (Phi) is 1.64. The predicted octanol–water partition coefficient (Wildman–Crippen LogP) is 0.0723. The van der Waals surface area contributed by atoms with Gasteiger partial charge in [0.05, 0.1) is 0 Å². The van der Waals surface area contributed by atoms with Gasteiger partial charge in [-0.1, -0.05) is 0 Å². The molecule has 1 unspecified atom stereocenters.